The molecule has 12 heteroatoms. The summed E-state index contributed by atoms with van der Waals surface area (Å²) in [6.07, 6.45) is -8.66. The van der Waals surface area contributed by atoms with Gasteiger partial charge < -0.3 is 9.79 Å². The predicted octanol–water partition coefficient (Wildman–Crippen LogP) is 2.32. The third-order valence-corrected chi connectivity index (χ3v) is 2.01. The Morgan fingerprint density at radius 1 is 1.00 bits per heavy atom. The van der Waals surface area contributed by atoms with Crippen LogP contribution in [-0.2, 0) is 9.09 Å². The van der Waals surface area contributed by atoms with Crippen molar-refractivity contribution in [1.82, 2.24) is 0 Å². The summed E-state index contributed by atoms with van der Waals surface area (Å²) in [6, 6.07) is 0. The summed E-state index contributed by atoms with van der Waals surface area (Å²) >= 11 is 0. The second kappa shape index (κ2) is 4.71. The van der Waals surface area contributed by atoms with Crippen LogP contribution in [0, 0.1) is 0 Å². The number of halogens is 7. The fourth-order valence-corrected chi connectivity index (χ4v) is 0.986. The zero-order chi connectivity index (χ0) is 14.1. The SMILES string of the molecule is O=P(O)(O)OCCC(F)(F)C(F)(F)C(F)(F)F. The molecule has 0 aromatic carbocycles. The molecule has 0 unspecified atom stereocenters. The summed E-state index contributed by atoms with van der Waals surface area (Å²) in [5.74, 6) is -11.8. The normalized spacial score (nSPS) is 15.1. The van der Waals surface area contributed by atoms with Crippen molar-refractivity contribution < 1.29 is 49.6 Å². The number of phosphoric ester groups is 1. The van der Waals surface area contributed by atoms with Crippen LogP contribution in [0.1, 0.15) is 6.42 Å². The quantitative estimate of drug-likeness (QED) is 0.603. The van der Waals surface area contributed by atoms with E-state index in [0.29, 0.717) is 0 Å². The lowest BCUT2D eigenvalue weighted by Gasteiger charge is -2.27. The van der Waals surface area contributed by atoms with Crippen LogP contribution in [0.2, 0.25) is 0 Å². The predicted molar refractivity (Wildman–Crippen MR) is 38.6 cm³/mol. The fourth-order valence-electron chi connectivity index (χ4n) is 0.657. The molecular weight excluding hydrogens is 288 g/mol. The zero-order valence-corrected chi connectivity index (χ0v) is 8.61. The van der Waals surface area contributed by atoms with Gasteiger partial charge in [0.2, 0.25) is 0 Å². The van der Waals surface area contributed by atoms with E-state index in [4.69, 9.17) is 9.79 Å². The molecule has 2 N–H and O–H groups in total. The first-order chi connectivity index (χ1) is 7.21. The number of phosphoric acid groups is 1. The molecule has 0 aliphatic carbocycles. The Balaban J connectivity index is 4.64. The first kappa shape index (κ1) is 16.6. The molecule has 0 spiro atoms. The molecule has 0 aromatic heterocycles. The smallest absolute Gasteiger partial charge is 0.303 e. The lowest BCUT2D eigenvalue weighted by Crippen LogP contribution is -2.52. The van der Waals surface area contributed by atoms with Gasteiger partial charge in [-0.25, -0.2) is 4.57 Å². The molecule has 0 saturated carbocycles. The Labute approximate surface area is 89.6 Å². The molecular formula is C5H6F7O4P. The highest BCUT2D eigenvalue weighted by molar-refractivity contribution is 7.46. The van der Waals surface area contributed by atoms with Crippen molar-refractivity contribution in [3.05, 3.63) is 0 Å². The summed E-state index contributed by atoms with van der Waals surface area (Å²) in [6.45, 7) is -1.65. The van der Waals surface area contributed by atoms with E-state index in [1.54, 1.807) is 0 Å². The lowest BCUT2D eigenvalue weighted by atomic mass is 10.1. The van der Waals surface area contributed by atoms with Crippen LogP contribution in [0.5, 0.6) is 0 Å². The van der Waals surface area contributed by atoms with E-state index >= 15 is 0 Å². The Kier molecular flexibility index (Phi) is 4.61. The van der Waals surface area contributed by atoms with Crippen LogP contribution in [0.25, 0.3) is 0 Å². The van der Waals surface area contributed by atoms with E-state index in [2.05, 4.69) is 4.52 Å². The van der Waals surface area contributed by atoms with E-state index < -0.39 is 38.9 Å². The molecule has 0 saturated heterocycles. The zero-order valence-electron chi connectivity index (χ0n) is 7.72. The first-order valence-electron chi connectivity index (χ1n) is 3.73. The summed E-state index contributed by atoms with van der Waals surface area (Å²) in [7, 11) is -5.20. The average molecular weight is 294 g/mol. The van der Waals surface area contributed by atoms with Gasteiger partial charge in [-0.15, -0.1) is 0 Å². The van der Waals surface area contributed by atoms with Crippen molar-refractivity contribution in [2.75, 3.05) is 6.61 Å². The van der Waals surface area contributed by atoms with Crippen LogP contribution >= 0.6 is 7.82 Å². The molecule has 0 aliphatic rings. The Morgan fingerprint density at radius 2 is 1.41 bits per heavy atom. The minimum atomic E-state index is -6.47. The molecule has 0 fully saturated rings. The minimum absolute atomic E-state index is 1.65. The molecule has 4 nitrogen and oxygen atoms in total. The lowest BCUT2D eigenvalue weighted by molar-refractivity contribution is -0.356. The van der Waals surface area contributed by atoms with Gasteiger partial charge in [-0.2, -0.15) is 30.7 Å². The van der Waals surface area contributed by atoms with E-state index in [-0.39, 0.29) is 0 Å². The van der Waals surface area contributed by atoms with Crippen LogP contribution in [0.15, 0.2) is 0 Å². The first-order valence-corrected chi connectivity index (χ1v) is 5.26. The third-order valence-electron chi connectivity index (χ3n) is 1.49. The summed E-state index contributed by atoms with van der Waals surface area (Å²) in [5.41, 5.74) is 0. The largest absolute Gasteiger partial charge is 0.469 e. The molecule has 0 aromatic rings. The van der Waals surface area contributed by atoms with E-state index in [0.717, 1.165) is 0 Å². The van der Waals surface area contributed by atoms with Crippen molar-refractivity contribution in [3.8, 4) is 0 Å². The van der Waals surface area contributed by atoms with Gasteiger partial charge >= 0.3 is 25.8 Å². The number of hydrogen-bond acceptors (Lipinski definition) is 2. The maximum Gasteiger partial charge on any atom is 0.469 e. The summed E-state index contributed by atoms with van der Waals surface area (Å²) in [5, 5.41) is 0. The maximum absolute atomic E-state index is 12.5. The summed E-state index contributed by atoms with van der Waals surface area (Å²) < 4.78 is 97.4. The molecule has 0 atom stereocenters. The standard InChI is InChI=1S/C5H6F7O4P/c6-3(7,1-2-16-17(13,14)15)4(8,9)5(10,11)12/h1-2H2,(H2,13,14,15). The van der Waals surface area contributed by atoms with E-state index in [1.165, 1.54) is 0 Å². The van der Waals surface area contributed by atoms with Crippen molar-refractivity contribution in [3.63, 3.8) is 0 Å². The van der Waals surface area contributed by atoms with Crippen LogP contribution < -0.4 is 0 Å². The fraction of sp³-hybridized carbons (Fsp3) is 1.00. The monoisotopic (exact) mass is 294 g/mol. The van der Waals surface area contributed by atoms with Gasteiger partial charge in [-0.3, -0.25) is 4.52 Å². The topological polar surface area (TPSA) is 66.8 Å². The second-order valence-electron chi connectivity index (χ2n) is 2.85. The Morgan fingerprint density at radius 3 is 1.71 bits per heavy atom. The number of rotatable bonds is 5. The molecule has 0 bridgehead atoms. The van der Waals surface area contributed by atoms with Gasteiger partial charge in [0, 0.05) is 6.42 Å². The highest BCUT2D eigenvalue weighted by atomic mass is 31.2. The van der Waals surface area contributed by atoms with Crippen LogP contribution in [-0.4, -0.2) is 34.4 Å². The average Bonchev–Trinajstić information content (AvgIpc) is 1.98. The van der Waals surface area contributed by atoms with Crippen molar-refractivity contribution >= 4 is 7.82 Å². The number of alkyl halides is 7. The molecule has 104 valence electrons. The minimum Gasteiger partial charge on any atom is -0.303 e. The van der Waals surface area contributed by atoms with Gasteiger partial charge in [-0.05, 0) is 0 Å². The van der Waals surface area contributed by atoms with Gasteiger partial charge in [0.1, 0.15) is 0 Å². The molecule has 17 heavy (non-hydrogen) atoms. The van der Waals surface area contributed by atoms with Crippen molar-refractivity contribution in [2.45, 2.75) is 24.4 Å². The third kappa shape index (κ3) is 4.41. The highest BCUT2D eigenvalue weighted by Crippen LogP contribution is 2.48. The second-order valence-corrected chi connectivity index (χ2v) is 4.09. The number of hydrogen-bond donors (Lipinski definition) is 2. The molecule has 0 radical (unpaired) electrons. The molecule has 0 rings (SSSR count). The Hall–Kier alpha value is -0.380. The molecule has 0 amide bonds. The van der Waals surface area contributed by atoms with Crippen molar-refractivity contribution in [1.29, 1.82) is 0 Å². The van der Waals surface area contributed by atoms with Gasteiger partial charge in [0.15, 0.2) is 0 Å². The van der Waals surface area contributed by atoms with Crippen LogP contribution in [0.4, 0.5) is 30.7 Å². The molecule has 0 aliphatic heterocycles. The Bertz CT molecular complexity index is 308. The van der Waals surface area contributed by atoms with E-state index in [1.807, 2.05) is 0 Å². The summed E-state index contributed by atoms with van der Waals surface area (Å²) in [4.78, 5) is 16.0. The van der Waals surface area contributed by atoms with Gasteiger partial charge in [-0.1, -0.05) is 0 Å². The van der Waals surface area contributed by atoms with Gasteiger partial charge in [0.05, 0.1) is 6.61 Å². The van der Waals surface area contributed by atoms with E-state index in [9.17, 15) is 35.3 Å². The maximum atomic E-state index is 12.5. The molecule has 0 heterocycles. The van der Waals surface area contributed by atoms with Gasteiger partial charge in [0.25, 0.3) is 0 Å². The van der Waals surface area contributed by atoms with Crippen molar-refractivity contribution in [2.24, 2.45) is 0 Å². The highest BCUT2D eigenvalue weighted by Gasteiger charge is 2.72. The van der Waals surface area contributed by atoms with Crippen LogP contribution in [0.3, 0.4) is 0 Å².